The lowest BCUT2D eigenvalue weighted by atomic mass is 10.2. The van der Waals surface area contributed by atoms with Gasteiger partial charge in [-0.25, -0.2) is 0 Å². The highest BCUT2D eigenvalue weighted by Crippen LogP contribution is 2.39. The van der Waals surface area contributed by atoms with Crippen LogP contribution in [-0.4, -0.2) is 62.1 Å². The Morgan fingerprint density at radius 1 is 0.719 bits per heavy atom. The Morgan fingerprint density at radius 3 is 1.78 bits per heavy atom. The first-order valence-corrected chi connectivity index (χ1v) is 22.7. The van der Waals surface area contributed by atoms with Crippen LogP contribution in [0.15, 0.2) is 0 Å². The number of hydrogen-bond donors (Lipinski definition) is 0. The second-order valence-corrected chi connectivity index (χ2v) is 24.6. The van der Waals surface area contributed by atoms with Gasteiger partial charge >= 0.3 is 0 Å². The molecule has 7 heteroatoms. The normalized spacial score (nSPS) is 14.7. The van der Waals surface area contributed by atoms with Gasteiger partial charge < -0.3 is 18.3 Å². The molecule has 0 aliphatic rings. The molecule has 194 valence electrons. The highest BCUT2D eigenvalue weighted by Gasteiger charge is 2.50. The molecule has 4 nitrogen and oxygen atoms in total. The van der Waals surface area contributed by atoms with E-state index in [1.165, 1.54) is 6.04 Å². The molecule has 1 unspecified atom stereocenters. The summed E-state index contributed by atoms with van der Waals surface area (Å²) in [6.07, 6.45) is 6.58. The van der Waals surface area contributed by atoms with Crippen molar-refractivity contribution in [2.45, 2.75) is 135 Å². The van der Waals surface area contributed by atoms with Crippen molar-refractivity contribution in [3.05, 3.63) is 0 Å². The summed E-state index contributed by atoms with van der Waals surface area (Å²) in [5.74, 6) is 0. The fraction of sp³-hybridized carbons (Fsp3) is 1.00. The van der Waals surface area contributed by atoms with Crippen molar-refractivity contribution >= 4 is 24.7 Å². The van der Waals surface area contributed by atoms with E-state index in [1.54, 1.807) is 0 Å². The fourth-order valence-corrected chi connectivity index (χ4v) is 16.9. The van der Waals surface area contributed by atoms with Gasteiger partial charge in [-0.1, -0.05) is 46.8 Å². The Morgan fingerprint density at radius 2 is 1.28 bits per heavy atom. The van der Waals surface area contributed by atoms with Crippen molar-refractivity contribution in [2.24, 2.45) is 0 Å². The summed E-state index contributed by atoms with van der Waals surface area (Å²) in [5, 5.41) is 0.0193. The summed E-state index contributed by atoms with van der Waals surface area (Å²) in [7, 11) is -5.44. The van der Waals surface area contributed by atoms with Crippen LogP contribution in [0.5, 0.6) is 0 Å². The largest absolute Gasteiger partial charge is 0.415 e. The highest BCUT2D eigenvalue weighted by atomic mass is 28.4. The van der Waals surface area contributed by atoms with Crippen LogP contribution in [0, 0.1) is 0 Å². The van der Waals surface area contributed by atoms with Gasteiger partial charge in [0.1, 0.15) is 0 Å². The van der Waals surface area contributed by atoms with Gasteiger partial charge in [0.05, 0.1) is 13.8 Å². The number of hydrogen-bond acceptors (Lipinski definition) is 4. The van der Waals surface area contributed by atoms with Gasteiger partial charge in [0, 0.05) is 31.7 Å². The molecule has 0 aromatic heterocycles. The summed E-state index contributed by atoms with van der Waals surface area (Å²) in [6, 6.07) is 2.41. The number of rotatable bonds is 20. The van der Waals surface area contributed by atoms with Gasteiger partial charge in [0.25, 0.3) is 0 Å². The molecule has 0 saturated heterocycles. The second-order valence-electron chi connectivity index (χ2n) is 11.1. The zero-order valence-electron chi connectivity index (χ0n) is 23.7. The molecule has 0 rings (SSSR count). The average Bonchev–Trinajstić information content (AvgIpc) is 2.73. The molecule has 0 aliphatic carbocycles. The van der Waals surface area contributed by atoms with Gasteiger partial charge in [-0.3, -0.25) is 0 Å². The van der Waals surface area contributed by atoms with Crippen LogP contribution in [0.1, 0.15) is 73.1 Å². The molecule has 0 N–H and O–H groups in total. The van der Waals surface area contributed by atoms with E-state index in [9.17, 15) is 0 Å². The van der Waals surface area contributed by atoms with E-state index < -0.39 is 24.7 Å². The van der Waals surface area contributed by atoms with Gasteiger partial charge in [0.2, 0.25) is 8.32 Å². The van der Waals surface area contributed by atoms with E-state index >= 15 is 0 Å². The smallest absolute Gasteiger partial charge is 0.214 e. The van der Waals surface area contributed by atoms with E-state index in [-0.39, 0.29) is 11.0 Å². The van der Waals surface area contributed by atoms with Gasteiger partial charge in [-0.15, -0.1) is 0 Å². The molecular weight excluding hydrogens is 449 g/mol. The van der Waals surface area contributed by atoms with E-state index in [1.807, 2.05) is 0 Å². The Hall–Kier alpha value is 0.491. The van der Waals surface area contributed by atoms with Crippen molar-refractivity contribution in [1.82, 2.24) is 0 Å². The molecule has 0 aromatic rings. The molecule has 0 aromatic carbocycles. The maximum atomic E-state index is 7.33. The van der Waals surface area contributed by atoms with Crippen LogP contribution in [-0.2, 0) is 18.3 Å². The maximum absolute atomic E-state index is 7.33. The second kappa shape index (κ2) is 15.5. The first-order chi connectivity index (χ1) is 14.9. The standard InChI is InChI=1S/C25H58O4Si3/c1-12-19-27-21-18-23-31(8,9)28-24(13-2)32(10,11)29-25(14-3,15-4)30(6,7)22-17-20-26-16-5/h24H,12-23H2,1-11H3. The van der Waals surface area contributed by atoms with Crippen molar-refractivity contribution < 1.29 is 18.3 Å². The highest BCUT2D eigenvalue weighted by molar-refractivity contribution is 6.82. The monoisotopic (exact) mass is 506 g/mol. The lowest BCUT2D eigenvalue weighted by Gasteiger charge is -2.51. The Kier molecular flexibility index (Phi) is 15.7. The minimum atomic E-state index is -2.06. The van der Waals surface area contributed by atoms with Gasteiger partial charge in [-0.05, 0) is 77.7 Å². The zero-order chi connectivity index (χ0) is 24.9. The molecule has 0 bridgehead atoms. The topological polar surface area (TPSA) is 36.9 Å². The van der Waals surface area contributed by atoms with Crippen LogP contribution < -0.4 is 0 Å². The molecule has 1 atom stereocenters. The lowest BCUT2D eigenvalue weighted by molar-refractivity contribution is 0.0972. The van der Waals surface area contributed by atoms with Gasteiger partial charge in [-0.2, -0.15) is 0 Å². The molecule has 32 heavy (non-hydrogen) atoms. The molecule has 0 radical (unpaired) electrons. The molecule has 0 heterocycles. The average molecular weight is 507 g/mol. The molecule has 0 aliphatic heterocycles. The van der Waals surface area contributed by atoms with E-state index in [4.69, 9.17) is 18.3 Å². The zero-order valence-corrected chi connectivity index (χ0v) is 26.7. The van der Waals surface area contributed by atoms with Crippen molar-refractivity contribution in [2.75, 3.05) is 26.4 Å². The quantitative estimate of drug-likeness (QED) is 0.125. The van der Waals surface area contributed by atoms with E-state index in [0.29, 0.717) is 0 Å². The summed E-state index contributed by atoms with van der Waals surface area (Å²) in [6.45, 7) is 29.2. The van der Waals surface area contributed by atoms with Crippen LogP contribution in [0.4, 0.5) is 0 Å². The predicted octanol–water partition coefficient (Wildman–Crippen LogP) is 7.80. The third-order valence-corrected chi connectivity index (χ3v) is 17.9. The predicted molar refractivity (Wildman–Crippen MR) is 148 cm³/mol. The summed E-state index contributed by atoms with van der Waals surface area (Å²) < 4.78 is 25.6. The molecule has 0 amide bonds. The minimum absolute atomic E-state index is 0.0193. The van der Waals surface area contributed by atoms with E-state index in [2.05, 4.69) is 73.9 Å². The summed E-state index contributed by atoms with van der Waals surface area (Å²) >= 11 is 0. The minimum Gasteiger partial charge on any atom is -0.415 e. The Balaban J connectivity index is 5.31. The molecule has 0 spiro atoms. The van der Waals surface area contributed by atoms with E-state index in [0.717, 1.165) is 71.0 Å². The molecular formula is C25H58O4Si3. The summed E-state index contributed by atoms with van der Waals surface area (Å²) in [5.41, 5.74) is 0.256. The fourth-order valence-electron chi connectivity index (χ4n) is 5.05. The van der Waals surface area contributed by atoms with Crippen LogP contribution in [0.25, 0.3) is 0 Å². The van der Waals surface area contributed by atoms with Crippen LogP contribution in [0.3, 0.4) is 0 Å². The third kappa shape index (κ3) is 10.8. The van der Waals surface area contributed by atoms with Crippen LogP contribution >= 0.6 is 0 Å². The lowest BCUT2D eigenvalue weighted by Crippen LogP contribution is -2.63. The molecule has 0 saturated carbocycles. The molecule has 0 fully saturated rings. The van der Waals surface area contributed by atoms with Crippen molar-refractivity contribution in [3.63, 3.8) is 0 Å². The summed E-state index contributed by atoms with van der Waals surface area (Å²) in [4.78, 5) is 0. The first-order valence-electron chi connectivity index (χ1n) is 13.4. The Bertz CT molecular complexity index is 480. The SMILES string of the molecule is CCCOCCC[Si](C)(C)OC(CC)[Si](C)(C)OC(CC)(CC)[Si](C)(C)CCCOCC. The maximum Gasteiger partial charge on any atom is 0.214 e. The van der Waals surface area contributed by atoms with Crippen molar-refractivity contribution in [3.8, 4) is 0 Å². The Labute approximate surface area is 204 Å². The van der Waals surface area contributed by atoms with Crippen LogP contribution in [0.2, 0.25) is 51.4 Å². The number of ether oxygens (including phenoxy) is 2. The third-order valence-electron chi connectivity index (χ3n) is 7.15. The van der Waals surface area contributed by atoms with Gasteiger partial charge in [0.15, 0.2) is 8.32 Å². The first kappa shape index (κ1) is 32.5. The van der Waals surface area contributed by atoms with Crippen molar-refractivity contribution in [1.29, 1.82) is 0 Å².